The second kappa shape index (κ2) is 6.34. The van der Waals surface area contributed by atoms with Crippen LogP contribution in [0, 0.1) is 5.92 Å². The molecule has 1 fully saturated rings. The Morgan fingerprint density at radius 1 is 1.50 bits per heavy atom. The van der Waals surface area contributed by atoms with E-state index in [9.17, 15) is 4.79 Å². The highest BCUT2D eigenvalue weighted by molar-refractivity contribution is 9.10. The van der Waals surface area contributed by atoms with Crippen LogP contribution in [0.2, 0.25) is 0 Å². The molecule has 2 rings (SSSR count). The van der Waals surface area contributed by atoms with Crippen LogP contribution in [0.4, 0.5) is 0 Å². The number of nitrogens with one attached hydrogen (secondary N) is 1. The monoisotopic (exact) mass is 311 g/mol. The van der Waals surface area contributed by atoms with Crippen LogP contribution in [0.1, 0.15) is 25.3 Å². The number of hydrogen-bond acceptors (Lipinski definition) is 3. The predicted octanol–water partition coefficient (Wildman–Crippen LogP) is 2.88. The van der Waals surface area contributed by atoms with E-state index in [-0.39, 0.29) is 12.0 Å². The van der Waals surface area contributed by atoms with Crippen LogP contribution < -0.4 is 5.32 Å². The Bertz CT molecular complexity index is 422. The second-order valence-corrected chi connectivity index (χ2v) is 5.69. The van der Waals surface area contributed by atoms with Gasteiger partial charge in [0.05, 0.1) is 0 Å². The number of esters is 1. The molecule has 2 atom stereocenters. The Balaban J connectivity index is 1.86. The van der Waals surface area contributed by atoms with Crippen LogP contribution >= 0.6 is 15.9 Å². The van der Waals surface area contributed by atoms with Gasteiger partial charge in [-0.3, -0.25) is 4.79 Å². The first-order chi connectivity index (χ1) is 8.66. The first-order valence-electron chi connectivity index (χ1n) is 6.30. The Morgan fingerprint density at radius 2 is 2.28 bits per heavy atom. The van der Waals surface area contributed by atoms with Gasteiger partial charge in [0.1, 0.15) is 12.6 Å². The van der Waals surface area contributed by atoms with E-state index in [0.29, 0.717) is 12.5 Å². The third-order valence-corrected chi connectivity index (χ3v) is 4.05. The number of carbonyl (C=O) groups excluding carboxylic acids is 1. The quantitative estimate of drug-likeness (QED) is 0.872. The first-order valence-corrected chi connectivity index (χ1v) is 7.09. The van der Waals surface area contributed by atoms with Crippen molar-refractivity contribution in [2.24, 2.45) is 5.92 Å². The fourth-order valence-electron chi connectivity index (χ4n) is 2.15. The van der Waals surface area contributed by atoms with E-state index in [1.807, 2.05) is 24.3 Å². The van der Waals surface area contributed by atoms with Crippen molar-refractivity contribution < 1.29 is 9.53 Å². The number of halogens is 1. The molecule has 4 heteroatoms. The molecule has 1 aromatic rings. The zero-order chi connectivity index (χ0) is 13.0. The fourth-order valence-corrected chi connectivity index (χ4v) is 2.55. The Hall–Kier alpha value is -0.870. The summed E-state index contributed by atoms with van der Waals surface area (Å²) in [6.07, 6.45) is 2.00. The highest BCUT2D eigenvalue weighted by Gasteiger charge is 2.25. The number of rotatable bonds is 3. The molecule has 1 aromatic carbocycles. The number of carbonyl (C=O) groups is 1. The van der Waals surface area contributed by atoms with Crippen molar-refractivity contribution in [2.45, 2.75) is 32.4 Å². The molecule has 0 radical (unpaired) electrons. The van der Waals surface area contributed by atoms with Crippen molar-refractivity contribution in [3.05, 3.63) is 34.3 Å². The maximum absolute atomic E-state index is 11.9. The zero-order valence-corrected chi connectivity index (χ0v) is 12.1. The number of piperidine rings is 1. The Labute approximate surface area is 116 Å². The lowest BCUT2D eigenvalue weighted by molar-refractivity contribution is -0.148. The van der Waals surface area contributed by atoms with Gasteiger partial charge in [-0.25, -0.2) is 0 Å². The minimum atomic E-state index is -0.142. The van der Waals surface area contributed by atoms with Gasteiger partial charge < -0.3 is 10.1 Å². The third-order valence-electron chi connectivity index (χ3n) is 3.28. The topological polar surface area (TPSA) is 38.3 Å². The summed E-state index contributed by atoms with van der Waals surface area (Å²) >= 11 is 3.45. The smallest absolute Gasteiger partial charge is 0.323 e. The van der Waals surface area contributed by atoms with E-state index in [4.69, 9.17) is 4.74 Å². The van der Waals surface area contributed by atoms with Crippen LogP contribution in [0.3, 0.4) is 0 Å². The van der Waals surface area contributed by atoms with Gasteiger partial charge in [-0.1, -0.05) is 41.1 Å². The molecule has 1 saturated heterocycles. The van der Waals surface area contributed by atoms with Gasteiger partial charge in [0.15, 0.2) is 0 Å². The van der Waals surface area contributed by atoms with Crippen LogP contribution in [-0.2, 0) is 16.1 Å². The number of hydrogen-bond donors (Lipinski definition) is 1. The molecule has 0 aliphatic carbocycles. The van der Waals surface area contributed by atoms with Crippen LogP contribution in [0.25, 0.3) is 0 Å². The lowest BCUT2D eigenvalue weighted by Crippen LogP contribution is -2.43. The first kappa shape index (κ1) is 13.6. The van der Waals surface area contributed by atoms with Gasteiger partial charge in [0.2, 0.25) is 0 Å². The highest BCUT2D eigenvalue weighted by Crippen LogP contribution is 2.19. The SMILES string of the molecule is CC1CCNC(C(=O)OCc2ccccc2Br)C1. The van der Waals surface area contributed by atoms with E-state index >= 15 is 0 Å². The van der Waals surface area contributed by atoms with Crippen LogP contribution in [0.5, 0.6) is 0 Å². The van der Waals surface area contributed by atoms with Gasteiger partial charge in [0.25, 0.3) is 0 Å². The largest absolute Gasteiger partial charge is 0.460 e. The van der Waals surface area contributed by atoms with E-state index in [0.717, 1.165) is 29.4 Å². The summed E-state index contributed by atoms with van der Waals surface area (Å²) < 4.78 is 6.34. The summed E-state index contributed by atoms with van der Waals surface area (Å²) in [7, 11) is 0. The number of benzene rings is 1. The minimum Gasteiger partial charge on any atom is -0.460 e. The van der Waals surface area contributed by atoms with Crippen molar-refractivity contribution in [1.82, 2.24) is 5.32 Å². The summed E-state index contributed by atoms with van der Waals surface area (Å²) in [5, 5.41) is 3.21. The van der Waals surface area contributed by atoms with E-state index in [1.54, 1.807) is 0 Å². The molecule has 1 aliphatic rings. The molecule has 1 aliphatic heterocycles. The van der Waals surface area contributed by atoms with Crippen molar-refractivity contribution in [3.63, 3.8) is 0 Å². The summed E-state index contributed by atoms with van der Waals surface area (Å²) in [6, 6.07) is 7.64. The summed E-state index contributed by atoms with van der Waals surface area (Å²) in [5.41, 5.74) is 0.995. The van der Waals surface area contributed by atoms with Gasteiger partial charge in [0, 0.05) is 10.0 Å². The Morgan fingerprint density at radius 3 is 3.00 bits per heavy atom. The lowest BCUT2D eigenvalue weighted by atomic mass is 9.94. The van der Waals surface area contributed by atoms with Crippen LogP contribution in [-0.4, -0.2) is 18.6 Å². The van der Waals surface area contributed by atoms with Crippen molar-refractivity contribution in [2.75, 3.05) is 6.54 Å². The van der Waals surface area contributed by atoms with Gasteiger partial charge in [-0.05, 0) is 31.4 Å². The molecular formula is C14H18BrNO2. The average molecular weight is 312 g/mol. The lowest BCUT2D eigenvalue weighted by Gasteiger charge is -2.26. The van der Waals surface area contributed by atoms with E-state index < -0.39 is 0 Å². The third kappa shape index (κ3) is 3.56. The molecule has 2 unspecified atom stereocenters. The maximum atomic E-state index is 11.9. The van der Waals surface area contributed by atoms with Gasteiger partial charge in [-0.15, -0.1) is 0 Å². The molecule has 0 amide bonds. The van der Waals surface area contributed by atoms with Crippen molar-refractivity contribution >= 4 is 21.9 Å². The van der Waals surface area contributed by atoms with E-state index in [1.165, 1.54) is 0 Å². The number of ether oxygens (including phenoxy) is 1. The molecule has 1 N–H and O–H groups in total. The molecule has 18 heavy (non-hydrogen) atoms. The normalized spacial score (nSPS) is 23.7. The highest BCUT2D eigenvalue weighted by atomic mass is 79.9. The van der Waals surface area contributed by atoms with Gasteiger partial charge in [-0.2, -0.15) is 0 Å². The summed E-state index contributed by atoms with van der Waals surface area (Å²) in [4.78, 5) is 11.9. The summed E-state index contributed by atoms with van der Waals surface area (Å²) in [6.45, 7) is 3.40. The molecular weight excluding hydrogens is 294 g/mol. The molecule has 0 saturated carbocycles. The van der Waals surface area contributed by atoms with Crippen molar-refractivity contribution in [3.8, 4) is 0 Å². The molecule has 1 heterocycles. The second-order valence-electron chi connectivity index (χ2n) is 4.84. The molecule has 0 aromatic heterocycles. The summed E-state index contributed by atoms with van der Waals surface area (Å²) in [5.74, 6) is 0.449. The minimum absolute atomic E-state index is 0.141. The molecule has 98 valence electrons. The Kier molecular flexibility index (Phi) is 4.78. The standard InChI is InChI=1S/C14H18BrNO2/c1-10-6-7-16-13(8-10)14(17)18-9-11-4-2-3-5-12(11)15/h2-5,10,13,16H,6-9H2,1H3. The van der Waals surface area contributed by atoms with Crippen molar-refractivity contribution in [1.29, 1.82) is 0 Å². The maximum Gasteiger partial charge on any atom is 0.323 e. The molecule has 0 spiro atoms. The average Bonchev–Trinajstić information content (AvgIpc) is 2.37. The molecule has 3 nitrogen and oxygen atoms in total. The predicted molar refractivity (Wildman–Crippen MR) is 74.1 cm³/mol. The van der Waals surface area contributed by atoms with E-state index in [2.05, 4.69) is 28.2 Å². The van der Waals surface area contributed by atoms with Gasteiger partial charge >= 0.3 is 5.97 Å². The molecule has 0 bridgehead atoms. The van der Waals surface area contributed by atoms with Crippen LogP contribution in [0.15, 0.2) is 28.7 Å². The zero-order valence-electron chi connectivity index (χ0n) is 10.5. The fraction of sp³-hybridized carbons (Fsp3) is 0.500.